The molecule has 3 heteroatoms. The zero-order valence-electron chi connectivity index (χ0n) is 10.2. The Balaban J connectivity index is 2.84. The van der Waals surface area contributed by atoms with Crippen molar-refractivity contribution in [2.24, 2.45) is 0 Å². The lowest BCUT2D eigenvalue weighted by molar-refractivity contribution is -0.134. The highest BCUT2D eigenvalue weighted by molar-refractivity contribution is 5.82. The molecule has 1 aromatic carbocycles. The molecule has 1 aromatic rings. The van der Waals surface area contributed by atoms with Gasteiger partial charge in [0.05, 0.1) is 7.11 Å². The number of methoxy groups -OCH3 is 1. The molecule has 3 nitrogen and oxygen atoms in total. The molecule has 16 heavy (non-hydrogen) atoms. The molecule has 0 aliphatic heterocycles. The van der Waals surface area contributed by atoms with Gasteiger partial charge < -0.3 is 9.64 Å². The zero-order valence-corrected chi connectivity index (χ0v) is 10.2. The maximum absolute atomic E-state index is 11.0. The summed E-state index contributed by atoms with van der Waals surface area (Å²) in [7, 11) is 3.26. The minimum absolute atomic E-state index is 0.350. The van der Waals surface area contributed by atoms with Crippen molar-refractivity contribution in [3.63, 3.8) is 0 Å². The van der Waals surface area contributed by atoms with Crippen molar-refractivity contribution in [2.45, 2.75) is 13.8 Å². The molecule has 0 heterocycles. The summed E-state index contributed by atoms with van der Waals surface area (Å²) in [6.07, 6.45) is 3.10. The van der Waals surface area contributed by atoms with E-state index in [1.807, 2.05) is 31.0 Å². The molecule has 1 rings (SSSR count). The first kappa shape index (κ1) is 12.3. The summed E-state index contributed by atoms with van der Waals surface area (Å²) in [5.41, 5.74) is 3.48. The number of hydrogen-bond acceptors (Lipinski definition) is 3. The maximum atomic E-state index is 11.0. The van der Waals surface area contributed by atoms with Gasteiger partial charge in [-0.2, -0.15) is 0 Å². The van der Waals surface area contributed by atoms with Gasteiger partial charge in [-0.05, 0) is 25.5 Å². The molecule has 0 atom stereocenters. The molecule has 0 aliphatic rings. The van der Waals surface area contributed by atoms with Crippen LogP contribution in [0.15, 0.2) is 30.5 Å². The lowest BCUT2D eigenvalue weighted by atomic mass is 10.1. The third-order valence-corrected chi connectivity index (χ3v) is 2.37. The number of esters is 1. The van der Waals surface area contributed by atoms with E-state index in [1.54, 1.807) is 6.20 Å². The van der Waals surface area contributed by atoms with Gasteiger partial charge >= 0.3 is 5.97 Å². The number of carbonyl (C=O) groups excluding carboxylic acids is 1. The van der Waals surface area contributed by atoms with Gasteiger partial charge in [0.2, 0.25) is 0 Å². The molecule has 0 saturated carbocycles. The van der Waals surface area contributed by atoms with Crippen LogP contribution in [0.1, 0.15) is 11.1 Å². The van der Waals surface area contributed by atoms with Crippen molar-refractivity contribution in [1.82, 2.24) is 0 Å². The SMILES string of the molecule is COC(=O)C=CN(C)c1ccc(C)cc1C. The van der Waals surface area contributed by atoms with Crippen molar-refractivity contribution in [3.8, 4) is 0 Å². The Morgan fingerprint density at radius 1 is 1.38 bits per heavy atom. The maximum Gasteiger partial charge on any atom is 0.331 e. The van der Waals surface area contributed by atoms with Crippen LogP contribution in [0.5, 0.6) is 0 Å². The average molecular weight is 219 g/mol. The van der Waals surface area contributed by atoms with Crippen LogP contribution in [0, 0.1) is 13.8 Å². The van der Waals surface area contributed by atoms with Crippen molar-refractivity contribution in [3.05, 3.63) is 41.6 Å². The molecular formula is C13H17NO2. The van der Waals surface area contributed by atoms with Gasteiger partial charge in [0.1, 0.15) is 0 Å². The average Bonchev–Trinajstić information content (AvgIpc) is 2.25. The third kappa shape index (κ3) is 3.12. The van der Waals surface area contributed by atoms with E-state index in [-0.39, 0.29) is 5.97 Å². The number of rotatable bonds is 3. The van der Waals surface area contributed by atoms with Crippen LogP contribution in [0.25, 0.3) is 0 Å². The van der Waals surface area contributed by atoms with Gasteiger partial charge in [-0.25, -0.2) is 4.79 Å². The number of nitrogens with zero attached hydrogens (tertiary/aromatic N) is 1. The van der Waals surface area contributed by atoms with Crippen LogP contribution in [0.3, 0.4) is 0 Å². The minimum atomic E-state index is -0.350. The highest BCUT2D eigenvalue weighted by Gasteiger charge is 2.02. The predicted molar refractivity (Wildman–Crippen MR) is 65.5 cm³/mol. The first-order valence-electron chi connectivity index (χ1n) is 5.11. The Hall–Kier alpha value is -1.77. The monoisotopic (exact) mass is 219 g/mol. The second-order valence-corrected chi connectivity index (χ2v) is 3.74. The summed E-state index contributed by atoms with van der Waals surface area (Å²) in [5.74, 6) is -0.350. The standard InChI is InChI=1S/C13H17NO2/c1-10-5-6-12(11(2)9-10)14(3)8-7-13(15)16-4/h5-9H,1-4H3. The number of benzene rings is 1. The summed E-state index contributed by atoms with van der Waals surface area (Å²) in [5, 5.41) is 0. The highest BCUT2D eigenvalue weighted by Crippen LogP contribution is 2.19. The predicted octanol–water partition coefficient (Wildman–Crippen LogP) is 2.43. The molecule has 0 radical (unpaired) electrons. The lowest BCUT2D eigenvalue weighted by Gasteiger charge is -2.17. The summed E-state index contributed by atoms with van der Waals surface area (Å²) >= 11 is 0. The van der Waals surface area contributed by atoms with Gasteiger partial charge in [-0.3, -0.25) is 0 Å². The second kappa shape index (κ2) is 5.35. The quantitative estimate of drug-likeness (QED) is 0.577. The second-order valence-electron chi connectivity index (χ2n) is 3.74. The number of ether oxygens (including phenoxy) is 1. The van der Waals surface area contributed by atoms with Crippen molar-refractivity contribution >= 4 is 11.7 Å². The van der Waals surface area contributed by atoms with Crippen LogP contribution < -0.4 is 4.90 Å². The fraction of sp³-hybridized carbons (Fsp3) is 0.308. The Morgan fingerprint density at radius 2 is 2.06 bits per heavy atom. The number of carbonyl (C=O) groups is 1. The molecule has 0 amide bonds. The van der Waals surface area contributed by atoms with Gasteiger partial charge in [0.25, 0.3) is 0 Å². The van der Waals surface area contributed by atoms with Crippen LogP contribution >= 0.6 is 0 Å². The van der Waals surface area contributed by atoms with E-state index in [0.717, 1.165) is 5.69 Å². The smallest absolute Gasteiger partial charge is 0.331 e. The Kier molecular flexibility index (Phi) is 4.11. The number of hydrogen-bond donors (Lipinski definition) is 0. The molecule has 0 aromatic heterocycles. The molecular weight excluding hydrogens is 202 g/mol. The summed E-state index contributed by atoms with van der Waals surface area (Å²) in [6, 6.07) is 6.19. The van der Waals surface area contributed by atoms with Gasteiger partial charge in [0.15, 0.2) is 0 Å². The van der Waals surface area contributed by atoms with E-state index in [2.05, 4.69) is 17.7 Å². The Labute approximate surface area is 96.3 Å². The molecule has 0 spiro atoms. The Morgan fingerprint density at radius 3 is 2.62 bits per heavy atom. The Bertz CT molecular complexity index is 410. The van der Waals surface area contributed by atoms with Gasteiger partial charge in [-0.1, -0.05) is 17.7 Å². The highest BCUT2D eigenvalue weighted by atomic mass is 16.5. The minimum Gasteiger partial charge on any atom is -0.466 e. The molecule has 0 unspecified atom stereocenters. The fourth-order valence-electron chi connectivity index (χ4n) is 1.52. The van der Waals surface area contributed by atoms with E-state index in [0.29, 0.717) is 0 Å². The van der Waals surface area contributed by atoms with Crippen molar-refractivity contribution in [2.75, 3.05) is 19.1 Å². The van der Waals surface area contributed by atoms with Crippen LogP contribution in [-0.2, 0) is 9.53 Å². The zero-order chi connectivity index (χ0) is 12.1. The molecule has 0 saturated heterocycles. The molecule has 0 bridgehead atoms. The lowest BCUT2D eigenvalue weighted by Crippen LogP contribution is -2.10. The van der Waals surface area contributed by atoms with Gasteiger partial charge in [0, 0.05) is 25.0 Å². The van der Waals surface area contributed by atoms with E-state index in [9.17, 15) is 4.79 Å². The normalized spacial score (nSPS) is 10.5. The van der Waals surface area contributed by atoms with Crippen LogP contribution in [0.2, 0.25) is 0 Å². The first-order chi connectivity index (χ1) is 7.54. The first-order valence-corrected chi connectivity index (χ1v) is 5.11. The van der Waals surface area contributed by atoms with Gasteiger partial charge in [-0.15, -0.1) is 0 Å². The summed E-state index contributed by atoms with van der Waals surface area (Å²) in [4.78, 5) is 12.8. The van der Waals surface area contributed by atoms with Crippen LogP contribution in [-0.4, -0.2) is 20.1 Å². The van der Waals surface area contributed by atoms with E-state index < -0.39 is 0 Å². The third-order valence-electron chi connectivity index (χ3n) is 2.37. The van der Waals surface area contributed by atoms with E-state index >= 15 is 0 Å². The largest absolute Gasteiger partial charge is 0.466 e. The number of anilines is 1. The van der Waals surface area contributed by atoms with Crippen molar-refractivity contribution < 1.29 is 9.53 Å². The molecule has 86 valence electrons. The number of aryl methyl sites for hydroxylation is 2. The fourth-order valence-corrected chi connectivity index (χ4v) is 1.52. The van der Waals surface area contributed by atoms with E-state index in [4.69, 9.17) is 0 Å². The molecule has 0 N–H and O–H groups in total. The van der Waals surface area contributed by atoms with Crippen LogP contribution in [0.4, 0.5) is 5.69 Å². The molecule has 0 aliphatic carbocycles. The summed E-state index contributed by atoms with van der Waals surface area (Å²) < 4.78 is 4.53. The topological polar surface area (TPSA) is 29.5 Å². The van der Waals surface area contributed by atoms with Crippen molar-refractivity contribution in [1.29, 1.82) is 0 Å². The summed E-state index contributed by atoms with van der Waals surface area (Å²) in [6.45, 7) is 4.10. The molecule has 0 fully saturated rings. The van der Waals surface area contributed by atoms with E-state index in [1.165, 1.54) is 24.3 Å².